The van der Waals surface area contributed by atoms with Crippen molar-refractivity contribution in [3.8, 4) is 17.1 Å². The van der Waals surface area contributed by atoms with E-state index < -0.39 is 0 Å². The molecule has 2 aromatic carbocycles. The smallest absolute Gasteiger partial charge is 0.232 e. The summed E-state index contributed by atoms with van der Waals surface area (Å²) in [5.41, 5.74) is 4.03. The van der Waals surface area contributed by atoms with Crippen LogP contribution in [0.15, 0.2) is 47.0 Å². The lowest BCUT2D eigenvalue weighted by Gasteiger charge is -2.19. The lowest BCUT2D eigenvalue weighted by atomic mass is 10.1. The molecule has 2 heterocycles. The Morgan fingerprint density at radius 3 is 2.71 bits per heavy atom. The van der Waals surface area contributed by atoms with Crippen LogP contribution in [0.1, 0.15) is 36.3 Å². The van der Waals surface area contributed by atoms with E-state index in [0.717, 1.165) is 23.2 Å². The third-order valence-electron chi connectivity index (χ3n) is 5.16. The molecule has 0 radical (unpaired) electrons. The predicted octanol–water partition coefficient (Wildman–Crippen LogP) is 4.14. The van der Waals surface area contributed by atoms with Crippen molar-refractivity contribution in [1.82, 2.24) is 10.1 Å². The third kappa shape index (κ3) is 3.38. The van der Waals surface area contributed by atoms with Crippen LogP contribution in [0.2, 0.25) is 0 Å². The van der Waals surface area contributed by atoms with Gasteiger partial charge in [0.05, 0.1) is 18.7 Å². The van der Waals surface area contributed by atoms with Crippen molar-refractivity contribution >= 4 is 11.6 Å². The molecule has 1 fully saturated rings. The van der Waals surface area contributed by atoms with Crippen LogP contribution in [0.5, 0.6) is 5.75 Å². The highest BCUT2D eigenvalue weighted by molar-refractivity contribution is 5.97. The Labute approximate surface area is 164 Å². The van der Waals surface area contributed by atoms with Crippen LogP contribution in [-0.2, 0) is 11.2 Å². The fraction of sp³-hybridized carbons (Fsp3) is 0.318. The number of hydrogen-bond donors (Lipinski definition) is 0. The topological polar surface area (TPSA) is 68.5 Å². The highest BCUT2D eigenvalue weighted by Crippen LogP contribution is 2.37. The average Bonchev–Trinajstić information content (AvgIpc) is 3.35. The summed E-state index contributed by atoms with van der Waals surface area (Å²) < 4.78 is 10.9. The molecular formula is C22H23N3O3. The first kappa shape index (κ1) is 18.2. The first-order chi connectivity index (χ1) is 13.6. The van der Waals surface area contributed by atoms with Crippen molar-refractivity contribution < 1.29 is 14.1 Å². The molecule has 28 heavy (non-hydrogen) atoms. The molecule has 1 aliphatic rings. The average molecular weight is 377 g/mol. The molecule has 0 spiro atoms. The van der Waals surface area contributed by atoms with Gasteiger partial charge in [0.2, 0.25) is 17.6 Å². The zero-order valence-corrected chi connectivity index (χ0v) is 16.3. The maximum Gasteiger partial charge on any atom is 0.232 e. The van der Waals surface area contributed by atoms with Crippen LogP contribution in [0.25, 0.3) is 11.4 Å². The molecule has 1 unspecified atom stereocenters. The molecule has 0 aliphatic carbocycles. The van der Waals surface area contributed by atoms with Crippen LogP contribution in [-0.4, -0.2) is 29.7 Å². The normalized spacial score (nSPS) is 16.6. The Balaban J connectivity index is 1.56. The molecule has 4 rings (SSSR count). The van der Waals surface area contributed by atoms with Gasteiger partial charge in [-0.1, -0.05) is 42.4 Å². The number of anilines is 1. The number of amides is 1. The largest absolute Gasteiger partial charge is 0.495 e. The standard InChI is InChI=1S/C22H23N3O3/c1-4-15-6-8-16(9-7-15)21-23-22(28-24-21)17-12-20(26)25(13-17)18-11-14(2)5-10-19(18)27-3/h5-11,17H,4,12-13H2,1-3H3. The Morgan fingerprint density at radius 2 is 2.00 bits per heavy atom. The number of carbonyl (C=O) groups is 1. The summed E-state index contributed by atoms with van der Waals surface area (Å²) in [5, 5.41) is 4.12. The van der Waals surface area contributed by atoms with E-state index in [1.807, 2.05) is 37.3 Å². The van der Waals surface area contributed by atoms with E-state index in [9.17, 15) is 4.79 Å². The lowest BCUT2D eigenvalue weighted by Crippen LogP contribution is -2.25. The lowest BCUT2D eigenvalue weighted by molar-refractivity contribution is -0.117. The molecule has 6 heteroatoms. The second-order valence-electron chi connectivity index (χ2n) is 7.09. The number of nitrogens with zero attached hydrogens (tertiary/aromatic N) is 3. The summed E-state index contributed by atoms with van der Waals surface area (Å²) >= 11 is 0. The maximum atomic E-state index is 12.7. The molecular weight excluding hydrogens is 354 g/mol. The van der Waals surface area contributed by atoms with Gasteiger partial charge in [-0.05, 0) is 36.6 Å². The van der Waals surface area contributed by atoms with Gasteiger partial charge in [0, 0.05) is 18.5 Å². The summed E-state index contributed by atoms with van der Waals surface area (Å²) in [6.45, 7) is 4.61. The molecule has 6 nitrogen and oxygen atoms in total. The molecule has 144 valence electrons. The van der Waals surface area contributed by atoms with Gasteiger partial charge in [-0.25, -0.2) is 0 Å². The molecule has 0 bridgehead atoms. The number of hydrogen-bond acceptors (Lipinski definition) is 5. The van der Waals surface area contributed by atoms with Crippen LogP contribution in [0, 0.1) is 6.92 Å². The van der Waals surface area contributed by atoms with E-state index in [1.54, 1.807) is 12.0 Å². The second-order valence-corrected chi connectivity index (χ2v) is 7.09. The van der Waals surface area contributed by atoms with Gasteiger partial charge in [-0.3, -0.25) is 4.79 Å². The van der Waals surface area contributed by atoms with Crippen molar-refractivity contribution in [1.29, 1.82) is 0 Å². The van der Waals surface area contributed by atoms with Gasteiger partial charge in [0.1, 0.15) is 5.75 Å². The summed E-state index contributed by atoms with van der Waals surface area (Å²) in [6, 6.07) is 13.9. The van der Waals surface area contributed by atoms with Crippen molar-refractivity contribution in [2.24, 2.45) is 0 Å². The SMILES string of the molecule is CCc1ccc(-c2noc(C3CC(=O)N(c4cc(C)ccc4OC)C3)n2)cc1. The Hall–Kier alpha value is -3.15. The summed E-state index contributed by atoms with van der Waals surface area (Å²) in [7, 11) is 1.61. The molecule has 1 aliphatic heterocycles. The van der Waals surface area contributed by atoms with Crippen molar-refractivity contribution in [2.45, 2.75) is 32.6 Å². The van der Waals surface area contributed by atoms with Gasteiger partial charge in [0.15, 0.2) is 0 Å². The molecule has 1 atom stereocenters. The zero-order valence-electron chi connectivity index (χ0n) is 16.3. The van der Waals surface area contributed by atoms with Gasteiger partial charge in [-0.2, -0.15) is 4.98 Å². The minimum Gasteiger partial charge on any atom is -0.495 e. The maximum absolute atomic E-state index is 12.7. The minimum absolute atomic E-state index is 0.0287. The molecule has 0 saturated carbocycles. The van der Waals surface area contributed by atoms with Gasteiger partial charge >= 0.3 is 0 Å². The van der Waals surface area contributed by atoms with Crippen LogP contribution in [0.4, 0.5) is 5.69 Å². The second kappa shape index (κ2) is 7.46. The number of rotatable bonds is 5. The van der Waals surface area contributed by atoms with E-state index in [-0.39, 0.29) is 11.8 Å². The third-order valence-corrected chi connectivity index (χ3v) is 5.16. The van der Waals surface area contributed by atoms with E-state index in [2.05, 4.69) is 29.2 Å². The van der Waals surface area contributed by atoms with E-state index in [4.69, 9.17) is 9.26 Å². The quantitative estimate of drug-likeness (QED) is 0.668. The van der Waals surface area contributed by atoms with E-state index >= 15 is 0 Å². The van der Waals surface area contributed by atoms with Crippen molar-refractivity contribution in [3.63, 3.8) is 0 Å². The zero-order chi connectivity index (χ0) is 19.7. The van der Waals surface area contributed by atoms with E-state index in [0.29, 0.717) is 30.4 Å². The number of aryl methyl sites for hydroxylation is 2. The first-order valence-corrected chi connectivity index (χ1v) is 9.47. The summed E-state index contributed by atoms with van der Waals surface area (Å²) in [6.07, 6.45) is 1.33. The Kier molecular flexibility index (Phi) is 4.86. The summed E-state index contributed by atoms with van der Waals surface area (Å²) in [5.74, 6) is 1.63. The van der Waals surface area contributed by atoms with Crippen molar-refractivity contribution in [2.75, 3.05) is 18.6 Å². The highest BCUT2D eigenvalue weighted by atomic mass is 16.5. The summed E-state index contributed by atoms with van der Waals surface area (Å²) in [4.78, 5) is 19.0. The number of methoxy groups -OCH3 is 1. The molecule has 1 amide bonds. The van der Waals surface area contributed by atoms with E-state index in [1.165, 1.54) is 5.56 Å². The number of ether oxygens (including phenoxy) is 1. The fourth-order valence-electron chi connectivity index (χ4n) is 3.52. The van der Waals surface area contributed by atoms with Crippen LogP contribution < -0.4 is 9.64 Å². The Morgan fingerprint density at radius 1 is 1.21 bits per heavy atom. The van der Waals surface area contributed by atoms with Gasteiger partial charge < -0.3 is 14.2 Å². The predicted molar refractivity (Wildman–Crippen MR) is 107 cm³/mol. The van der Waals surface area contributed by atoms with Crippen molar-refractivity contribution in [3.05, 3.63) is 59.5 Å². The Bertz CT molecular complexity index is 995. The van der Waals surface area contributed by atoms with Gasteiger partial charge in [-0.15, -0.1) is 0 Å². The number of benzene rings is 2. The first-order valence-electron chi connectivity index (χ1n) is 9.47. The molecule has 1 aromatic heterocycles. The highest BCUT2D eigenvalue weighted by Gasteiger charge is 2.36. The van der Waals surface area contributed by atoms with Gasteiger partial charge in [0.25, 0.3) is 0 Å². The number of carbonyl (C=O) groups excluding carboxylic acids is 1. The van der Waals surface area contributed by atoms with Crippen LogP contribution in [0.3, 0.4) is 0 Å². The molecule has 3 aromatic rings. The minimum atomic E-state index is -0.131. The monoisotopic (exact) mass is 377 g/mol. The number of aromatic nitrogens is 2. The molecule has 0 N–H and O–H groups in total. The molecule has 1 saturated heterocycles. The fourth-order valence-corrected chi connectivity index (χ4v) is 3.52. The van der Waals surface area contributed by atoms with Crippen LogP contribution >= 0.6 is 0 Å².